The molecule has 0 spiro atoms. The summed E-state index contributed by atoms with van der Waals surface area (Å²) in [5.74, 6) is 0.995. The van der Waals surface area contributed by atoms with Crippen molar-refractivity contribution in [3.8, 4) is 5.75 Å². The van der Waals surface area contributed by atoms with Crippen molar-refractivity contribution < 1.29 is 9.53 Å². The summed E-state index contributed by atoms with van der Waals surface area (Å²) in [6, 6.07) is 20.8. The van der Waals surface area contributed by atoms with Crippen LogP contribution in [0.25, 0.3) is 0 Å². The van der Waals surface area contributed by atoms with E-state index in [-0.39, 0.29) is 17.5 Å². The molecule has 4 heteroatoms. The van der Waals surface area contributed by atoms with Crippen molar-refractivity contribution in [1.29, 1.82) is 0 Å². The number of hydrogen-bond acceptors (Lipinski definition) is 3. The van der Waals surface area contributed by atoms with Gasteiger partial charge in [0, 0.05) is 18.0 Å². The first-order valence-corrected chi connectivity index (χ1v) is 10.3. The van der Waals surface area contributed by atoms with Gasteiger partial charge < -0.3 is 10.1 Å². The first kappa shape index (κ1) is 20.4. The van der Waals surface area contributed by atoms with Crippen LogP contribution in [0.2, 0.25) is 0 Å². The number of nitrogens with zero attached hydrogens (tertiary/aromatic N) is 1. The van der Waals surface area contributed by atoms with Crippen molar-refractivity contribution in [3.05, 3.63) is 66.2 Å². The quantitative estimate of drug-likeness (QED) is 0.692. The third kappa shape index (κ3) is 5.14. The van der Waals surface area contributed by atoms with Crippen LogP contribution in [0.15, 0.2) is 60.7 Å². The number of hydrogen-bond donors (Lipinski definition) is 1. The van der Waals surface area contributed by atoms with E-state index < -0.39 is 0 Å². The summed E-state index contributed by atoms with van der Waals surface area (Å²) >= 11 is 0. The lowest BCUT2D eigenvalue weighted by Gasteiger charge is -2.45. The van der Waals surface area contributed by atoms with Crippen LogP contribution in [-0.2, 0) is 10.3 Å². The van der Waals surface area contributed by atoms with Crippen LogP contribution in [0.3, 0.4) is 0 Å². The van der Waals surface area contributed by atoms with E-state index in [4.69, 9.17) is 4.74 Å². The molecule has 1 N–H and O–H groups in total. The molecule has 1 aliphatic carbocycles. The Hall–Kier alpha value is -2.33. The van der Waals surface area contributed by atoms with E-state index in [1.54, 1.807) is 0 Å². The SMILES string of the molecule is CN(C)C1(c2ccccc2)CCC(NC(=O)CCCOc2ccccc2)CC1. The molecule has 28 heavy (non-hydrogen) atoms. The van der Waals surface area contributed by atoms with Gasteiger partial charge in [0.25, 0.3) is 0 Å². The molecule has 0 heterocycles. The topological polar surface area (TPSA) is 41.6 Å². The summed E-state index contributed by atoms with van der Waals surface area (Å²) in [5.41, 5.74) is 1.45. The van der Waals surface area contributed by atoms with Crippen molar-refractivity contribution >= 4 is 5.91 Å². The molecule has 1 saturated carbocycles. The van der Waals surface area contributed by atoms with Gasteiger partial charge in [-0.3, -0.25) is 9.69 Å². The molecule has 1 amide bonds. The summed E-state index contributed by atoms with van der Waals surface area (Å²) in [6.07, 6.45) is 5.40. The zero-order valence-electron chi connectivity index (χ0n) is 17.1. The highest BCUT2D eigenvalue weighted by atomic mass is 16.5. The van der Waals surface area contributed by atoms with Crippen LogP contribution < -0.4 is 10.1 Å². The van der Waals surface area contributed by atoms with Gasteiger partial charge in [-0.25, -0.2) is 0 Å². The molecule has 2 aromatic carbocycles. The summed E-state index contributed by atoms with van der Waals surface area (Å²) < 4.78 is 5.66. The Morgan fingerprint density at radius 3 is 2.25 bits per heavy atom. The maximum atomic E-state index is 12.3. The third-order valence-corrected chi connectivity index (χ3v) is 5.91. The van der Waals surface area contributed by atoms with Gasteiger partial charge in [0.15, 0.2) is 0 Å². The fourth-order valence-corrected chi connectivity index (χ4v) is 4.22. The number of carbonyl (C=O) groups is 1. The smallest absolute Gasteiger partial charge is 0.220 e. The molecule has 2 aromatic rings. The Kier molecular flexibility index (Phi) is 7.10. The van der Waals surface area contributed by atoms with Crippen LogP contribution in [-0.4, -0.2) is 37.6 Å². The van der Waals surface area contributed by atoms with E-state index in [2.05, 4.69) is 54.6 Å². The number of ether oxygens (including phenoxy) is 1. The molecule has 0 atom stereocenters. The summed E-state index contributed by atoms with van der Waals surface area (Å²) in [4.78, 5) is 14.7. The van der Waals surface area contributed by atoms with Gasteiger partial charge in [0.2, 0.25) is 5.91 Å². The molecular formula is C24H32N2O2. The molecule has 1 fully saturated rings. The highest BCUT2D eigenvalue weighted by Crippen LogP contribution is 2.41. The number of rotatable bonds is 8. The van der Waals surface area contributed by atoms with Crippen molar-refractivity contribution in [1.82, 2.24) is 10.2 Å². The second kappa shape index (κ2) is 9.74. The summed E-state index contributed by atoms with van der Waals surface area (Å²) in [5, 5.41) is 3.23. The Labute approximate surface area is 168 Å². The van der Waals surface area contributed by atoms with Crippen LogP contribution in [0.4, 0.5) is 0 Å². The predicted molar refractivity (Wildman–Crippen MR) is 113 cm³/mol. The Morgan fingerprint density at radius 1 is 1.04 bits per heavy atom. The molecular weight excluding hydrogens is 348 g/mol. The van der Waals surface area contributed by atoms with E-state index in [0.717, 1.165) is 37.9 Å². The minimum absolute atomic E-state index is 0.0754. The number of nitrogens with one attached hydrogen (secondary N) is 1. The molecule has 150 valence electrons. The van der Waals surface area contributed by atoms with Gasteiger partial charge in [0.05, 0.1) is 6.61 Å². The van der Waals surface area contributed by atoms with Gasteiger partial charge in [0.1, 0.15) is 5.75 Å². The average molecular weight is 381 g/mol. The third-order valence-electron chi connectivity index (χ3n) is 5.91. The average Bonchev–Trinajstić information content (AvgIpc) is 2.73. The van der Waals surface area contributed by atoms with Crippen molar-refractivity contribution in [2.45, 2.75) is 50.1 Å². The number of carbonyl (C=O) groups excluding carboxylic acids is 1. The molecule has 0 aromatic heterocycles. The maximum absolute atomic E-state index is 12.3. The lowest BCUT2D eigenvalue weighted by molar-refractivity contribution is -0.122. The molecule has 3 rings (SSSR count). The summed E-state index contributed by atoms with van der Waals surface area (Å²) in [7, 11) is 4.33. The number of amides is 1. The molecule has 0 radical (unpaired) electrons. The summed E-state index contributed by atoms with van der Waals surface area (Å²) in [6.45, 7) is 0.569. The van der Waals surface area contributed by atoms with Crippen molar-refractivity contribution in [2.24, 2.45) is 0 Å². The van der Waals surface area contributed by atoms with Gasteiger partial charge in [-0.15, -0.1) is 0 Å². The molecule has 0 aliphatic heterocycles. The van der Waals surface area contributed by atoms with Crippen LogP contribution in [0, 0.1) is 0 Å². The van der Waals surface area contributed by atoms with Crippen molar-refractivity contribution in [2.75, 3.05) is 20.7 Å². The van der Waals surface area contributed by atoms with Crippen LogP contribution in [0.5, 0.6) is 5.75 Å². The maximum Gasteiger partial charge on any atom is 0.220 e. The number of para-hydroxylation sites is 1. The van der Waals surface area contributed by atoms with Crippen molar-refractivity contribution in [3.63, 3.8) is 0 Å². The second-order valence-corrected chi connectivity index (χ2v) is 7.90. The fraction of sp³-hybridized carbons (Fsp3) is 0.458. The molecule has 0 saturated heterocycles. The standard InChI is InChI=1S/C24H32N2O2/c1-26(2)24(20-10-5-3-6-11-20)17-15-21(16-18-24)25-23(27)14-9-19-28-22-12-7-4-8-13-22/h3-8,10-13,21H,9,14-19H2,1-2H3,(H,25,27). The van der Waals surface area contributed by atoms with E-state index in [9.17, 15) is 4.79 Å². The van der Waals surface area contributed by atoms with E-state index >= 15 is 0 Å². The molecule has 0 bridgehead atoms. The predicted octanol–water partition coefficient (Wildman–Crippen LogP) is 4.36. The normalized spacial score (nSPS) is 22.0. The number of benzene rings is 2. The lowest BCUT2D eigenvalue weighted by atomic mass is 9.74. The lowest BCUT2D eigenvalue weighted by Crippen LogP contribution is -2.48. The first-order chi connectivity index (χ1) is 13.6. The minimum Gasteiger partial charge on any atom is -0.494 e. The largest absolute Gasteiger partial charge is 0.494 e. The monoisotopic (exact) mass is 380 g/mol. The molecule has 1 aliphatic rings. The fourth-order valence-electron chi connectivity index (χ4n) is 4.22. The van der Waals surface area contributed by atoms with Gasteiger partial charge in [-0.2, -0.15) is 0 Å². The molecule has 4 nitrogen and oxygen atoms in total. The zero-order valence-corrected chi connectivity index (χ0v) is 17.1. The first-order valence-electron chi connectivity index (χ1n) is 10.3. The minimum atomic E-state index is 0.0754. The van der Waals surface area contributed by atoms with Gasteiger partial charge >= 0.3 is 0 Å². The van der Waals surface area contributed by atoms with E-state index in [1.807, 2.05) is 30.3 Å². The van der Waals surface area contributed by atoms with Crippen LogP contribution >= 0.6 is 0 Å². The Bertz CT molecular complexity index is 723. The molecule has 0 unspecified atom stereocenters. The zero-order chi connectivity index (χ0) is 19.8. The second-order valence-electron chi connectivity index (χ2n) is 7.90. The van der Waals surface area contributed by atoms with Crippen LogP contribution in [0.1, 0.15) is 44.1 Å². The highest BCUT2D eigenvalue weighted by Gasteiger charge is 2.38. The van der Waals surface area contributed by atoms with E-state index in [0.29, 0.717) is 13.0 Å². The van der Waals surface area contributed by atoms with E-state index in [1.165, 1.54) is 5.56 Å². The van der Waals surface area contributed by atoms with Gasteiger partial charge in [-0.05, 0) is 63.9 Å². The highest BCUT2D eigenvalue weighted by molar-refractivity contribution is 5.76. The Balaban J connectivity index is 1.42. The Morgan fingerprint density at radius 2 is 1.64 bits per heavy atom. The van der Waals surface area contributed by atoms with Gasteiger partial charge in [-0.1, -0.05) is 48.5 Å².